The minimum atomic E-state index is -0.521. The molecule has 12 nitrogen and oxygen atoms in total. The Morgan fingerprint density at radius 2 is 0.718 bits per heavy atom. The van der Waals surface area contributed by atoms with Gasteiger partial charge in [0.15, 0.2) is 0 Å². The first kappa shape index (κ1) is 30.5. The average molecular weight is 539 g/mol. The second-order valence-electron chi connectivity index (χ2n) is 8.57. The maximum Gasteiger partial charge on any atom is 0.238 e. The van der Waals surface area contributed by atoms with Crippen molar-refractivity contribution in [1.29, 1.82) is 0 Å². The van der Waals surface area contributed by atoms with Gasteiger partial charge < -0.3 is 10.6 Å². The summed E-state index contributed by atoms with van der Waals surface area (Å²) < 4.78 is 0. The second-order valence-corrected chi connectivity index (χ2v) is 8.57. The first-order valence-electron chi connectivity index (χ1n) is 12.6. The first-order valence-corrected chi connectivity index (χ1v) is 12.6. The van der Waals surface area contributed by atoms with E-state index in [9.17, 15) is 28.8 Å². The Balaban J connectivity index is 1.46. The molecule has 6 amide bonds. The van der Waals surface area contributed by atoms with Crippen molar-refractivity contribution in [3.05, 3.63) is 71.8 Å². The summed E-state index contributed by atoms with van der Waals surface area (Å²) in [5.74, 6) is -2.63. The van der Waals surface area contributed by atoms with Crippen molar-refractivity contribution in [3.63, 3.8) is 0 Å². The molecule has 0 radical (unpaired) electrons. The summed E-state index contributed by atoms with van der Waals surface area (Å²) in [5.41, 5.74) is 10.8. The van der Waals surface area contributed by atoms with Gasteiger partial charge in [-0.2, -0.15) is 0 Å². The van der Waals surface area contributed by atoms with Crippen LogP contribution in [0.1, 0.15) is 56.1 Å². The van der Waals surface area contributed by atoms with E-state index in [1.54, 1.807) is 0 Å². The zero-order valence-corrected chi connectivity index (χ0v) is 21.6. The molecule has 0 spiro atoms. The highest BCUT2D eigenvalue weighted by molar-refractivity contribution is 5.87. The maximum atomic E-state index is 11.8. The van der Waals surface area contributed by atoms with Crippen LogP contribution in [0.4, 0.5) is 0 Å². The SMILES string of the molecule is O=C(CCC(=O)NNC(=O)CCCC(=O)NNC(=O)CCC(=O)NCc1ccccc1)NCc1ccccc1. The summed E-state index contributed by atoms with van der Waals surface area (Å²) in [7, 11) is 0. The Labute approximate surface area is 226 Å². The van der Waals surface area contributed by atoms with E-state index in [0.717, 1.165) is 11.1 Å². The third kappa shape index (κ3) is 14.6. The minimum absolute atomic E-state index is 0.0290. The normalized spacial score (nSPS) is 10.1. The van der Waals surface area contributed by atoms with Crippen LogP contribution < -0.4 is 32.3 Å². The van der Waals surface area contributed by atoms with Gasteiger partial charge in [-0.25, -0.2) is 0 Å². The molecular formula is C27H34N6O6. The Bertz CT molecular complexity index is 1020. The molecule has 0 fully saturated rings. The van der Waals surface area contributed by atoms with E-state index in [0.29, 0.717) is 13.1 Å². The van der Waals surface area contributed by atoms with E-state index < -0.39 is 23.6 Å². The number of benzene rings is 2. The number of hydrogen-bond donors (Lipinski definition) is 6. The largest absolute Gasteiger partial charge is 0.352 e. The molecule has 0 aliphatic heterocycles. The lowest BCUT2D eigenvalue weighted by atomic mass is 10.2. The van der Waals surface area contributed by atoms with Gasteiger partial charge in [0.2, 0.25) is 35.4 Å². The van der Waals surface area contributed by atoms with E-state index in [2.05, 4.69) is 32.3 Å². The van der Waals surface area contributed by atoms with Crippen LogP contribution in [-0.4, -0.2) is 35.4 Å². The van der Waals surface area contributed by atoms with Crippen molar-refractivity contribution in [2.24, 2.45) is 0 Å². The quantitative estimate of drug-likeness (QED) is 0.193. The van der Waals surface area contributed by atoms with Gasteiger partial charge in [0.1, 0.15) is 0 Å². The number of hydrogen-bond acceptors (Lipinski definition) is 6. The molecule has 6 N–H and O–H groups in total. The molecule has 0 saturated heterocycles. The summed E-state index contributed by atoms with van der Waals surface area (Å²) in [6, 6.07) is 18.7. The van der Waals surface area contributed by atoms with Gasteiger partial charge >= 0.3 is 0 Å². The summed E-state index contributed by atoms with van der Waals surface area (Å²) in [6.45, 7) is 0.725. The number of rotatable bonds is 14. The van der Waals surface area contributed by atoms with Gasteiger partial charge in [-0.1, -0.05) is 60.7 Å². The topological polar surface area (TPSA) is 175 Å². The number of carbonyl (C=O) groups excluding carboxylic acids is 6. The molecular weight excluding hydrogens is 504 g/mol. The van der Waals surface area contributed by atoms with Crippen molar-refractivity contribution in [3.8, 4) is 0 Å². The molecule has 2 rings (SSSR count). The van der Waals surface area contributed by atoms with Crippen LogP contribution in [0.15, 0.2) is 60.7 Å². The molecule has 0 bridgehead atoms. The maximum absolute atomic E-state index is 11.8. The first-order chi connectivity index (χ1) is 18.8. The summed E-state index contributed by atoms with van der Waals surface area (Å²) in [5, 5.41) is 5.42. The molecule has 12 heteroatoms. The Morgan fingerprint density at radius 3 is 1.08 bits per heavy atom. The monoisotopic (exact) mass is 538 g/mol. The number of hydrazine groups is 2. The standard InChI is InChI=1S/C27H34N6O6/c34-22(28-18-20-8-3-1-4-9-20)14-16-26(38)32-30-24(36)12-7-13-25(37)31-33-27(39)17-15-23(35)29-19-21-10-5-2-6-11-21/h1-6,8-11H,7,12-19H2,(H,28,34)(H,29,35)(H,30,36)(H,31,37)(H,32,38)(H,33,39). The molecule has 0 heterocycles. The van der Waals surface area contributed by atoms with Gasteiger partial charge in [-0.3, -0.25) is 50.5 Å². The summed E-state index contributed by atoms with van der Waals surface area (Å²) >= 11 is 0. The lowest BCUT2D eigenvalue weighted by Crippen LogP contribution is -2.43. The molecule has 0 aliphatic carbocycles. The molecule has 0 atom stereocenters. The number of nitrogens with one attached hydrogen (secondary N) is 6. The van der Waals surface area contributed by atoms with Crippen molar-refractivity contribution < 1.29 is 28.8 Å². The fourth-order valence-electron chi connectivity index (χ4n) is 3.16. The van der Waals surface area contributed by atoms with Crippen LogP contribution in [0.5, 0.6) is 0 Å². The lowest BCUT2D eigenvalue weighted by Gasteiger charge is -2.09. The molecule has 2 aromatic rings. The molecule has 2 aromatic carbocycles. The van der Waals surface area contributed by atoms with E-state index >= 15 is 0 Å². The van der Waals surface area contributed by atoms with Crippen molar-refractivity contribution in [1.82, 2.24) is 32.3 Å². The smallest absolute Gasteiger partial charge is 0.238 e. The molecule has 208 valence electrons. The summed E-state index contributed by atoms with van der Waals surface area (Å²) in [4.78, 5) is 71.0. The van der Waals surface area contributed by atoms with Gasteiger partial charge in [0, 0.05) is 51.6 Å². The third-order valence-corrected chi connectivity index (χ3v) is 5.31. The van der Waals surface area contributed by atoms with E-state index in [1.807, 2.05) is 60.7 Å². The molecule has 0 saturated carbocycles. The average Bonchev–Trinajstić information content (AvgIpc) is 2.95. The number of carbonyl (C=O) groups is 6. The Morgan fingerprint density at radius 1 is 0.410 bits per heavy atom. The zero-order valence-electron chi connectivity index (χ0n) is 21.6. The van der Waals surface area contributed by atoms with Crippen LogP contribution in [0.25, 0.3) is 0 Å². The van der Waals surface area contributed by atoms with Gasteiger partial charge in [0.25, 0.3) is 0 Å². The van der Waals surface area contributed by atoms with Gasteiger partial charge in [0.05, 0.1) is 0 Å². The fourth-order valence-corrected chi connectivity index (χ4v) is 3.16. The Hall–Kier alpha value is -4.74. The summed E-state index contributed by atoms with van der Waals surface area (Å²) in [6.07, 6.45) is -0.165. The van der Waals surface area contributed by atoms with Gasteiger partial charge in [-0.15, -0.1) is 0 Å². The lowest BCUT2D eigenvalue weighted by molar-refractivity contribution is -0.131. The zero-order chi connectivity index (χ0) is 28.3. The van der Waals surface area contributed by atoms with Crippen molar-refractivity contribution in [2.75, 3.05) is 0 Å². The van der Waals surface area contributed by atoms with E-state index in [4.69, 9.17) is 0 Å². The van der Waals surface area contributed by atoms with Crippen molar-refractivity contribution >= 4 is 35.4 Å². The predicted octanol–water partition coefficient (Wildman–Crippen LogP) is 0.645. The minimum Gasteiger partial charge on any atom is -0.352 e. The van der Waals surface area contributed by atoms with Crippen LogP contribution in [0.3, 0.4) is 0 Å². The molecule has 0 aliphatic rings. The van der Waals surface area contributed by atoms with E-state index in [1.165, 1.54) is 0 Å². The van der Waals surface area contributed by atoms with E-state index in [-0.39, 0.29) is 56.8 Å². The van der Waals surface area contributed by atoms with Crippen molar-refractivity contribution in [2.45, 2.75) is 58.0 Å². The molecule has 0 aromatic heterocycles. The molecule has 39 heavy (non-hydrogen) atoms. The number of amides is 6. The Kier molecular flexibility index (Phi) is 13.8. The molecule has 0 unspecified atom stereocenters. The van der Waals surface area contributed by atoms with Crippen LogP contribution >= 0.6 is 0 Å². The predicted molar refractivity (Wildman–Crippen MR) is 141 cm³/mol. The van der Waals surface area contributed by atoms with Crippen LogP contribution in [0, 0.1) is 0 Å². The fraction of sp³-hybridized carbons (Fsp3) is 0.333. The van der Waals surface area contributed by atoms with Crippen LogP contribution in [0.2, 0.25) is 0 Å². The third-order valence-electron chi connectivity index (χ3n) is 5.31. The second kappa shape index (κ2) is 17.7. The highest BCUT2D eigenvalue weighted by Crippen LogP contribution is 2.00. The highest BCUT2D eigenvalue weighted by Gasteiger charge is 2.11. The van der Waals surface area contributed by atoms with Crippen LogP contribution in [-0.2, 0) is 41.9 Å². The van der Waals surface area contributed by atoms with Gasteiger partial charge in [-0.05, 0) is 17.5 Å². The highest BCUT2D eigenvalue weighted by atomic mass is 16.2.